The van der Waals surface area contributed by atoms with E-state index in [4.69, 9.17) is 0 Å². The van der Waals surface area contributed by atoms with Gasteiger partial charge in [0.05, 0.1) is 6.10 Å². The van der Waals surface area contributed by atoms with Crippen molar-refractivity contribution in [3.8, 4) is 0 Å². The Labute approximate surface area is 154 Å². The zero-order chi connectivity index (χ0) is 17.9. The van der Waals surface area contributed by atoms with E-state index >= 15 is 0 Å². The van der Waals surface area contributed by atoms with Crippen molar-refractivity contribution < 1.29 is 14.3 Å². The van der Waals surface area contributed by atoms with Gasteiger partial charge in [-0.2, -0.15) is 0 Å². The maximum Gasteiger partial charge on any atom is 0.223 e. The third kappa shape index (κ3) is 2.52. The lowest BCUT2D eigenvalue weighted by atomic mass is 9.43. The lowest BCUT2D eigenvalue weighted by Gasteiger charge is -2.61. The molecule has 0 spiro atoms. The molecule has 1 aromatic carbocycles. The van der Waals surface area contributed by atoms with Crippen LogP contribution in [0, 0.1) is 29.5 Å². The van der Waals surface area contributed by atoms with Crippen molar-refractivity contribution in [1.82, 2.24) is 4.90 Å². The first-order chi connectivity index (χ1) is 12.5. The average Bonchev–Trinajstić information content (AvgIpc) is 3.05. The molecule has 1 amide bonds. The summed E-state index contributed by atoms with van der Waals surface area (Å²) in [5, 5.41) is 9.83. The third-order valence-electron chi connectivity index (χ3n) is 7.94. The standard InChI is InChI=1S/C22H28FNO2/c23-19-3-1-16(2-4-19)22(12-21(26)24-6-5-20(25)13-24)17-8-14-7-15(10-17)11-18(22)9-14/h1-4,14-15,17-18,20,25H,5-13H2/t14?,15?,17?,18?,20-,22?/m0/s1. The van der Waals surface area contributed by atoms with Gasteiger partial charge in [-0.25, -0.2) is 4.39 Å². The van der Waals surface area contributed by atoms with E-state index in [9.17, 15) is 14.3 Å². The summed E-state index contributed by atoms with van der Waals surface area (Å²) in [6, 6.07) is 6.99. The summed E-state index contributed by atoms with van der Waals surface area (Å²) in [5.74, 6) is 2.71. The van der Waals surface area contributed by atoms with E-state index < -0.39 is 0 Å². The van der Waals surface area contributed by atoms with Crippen molar-refractivity contribution in [3.63, 3.8) is 0 Å². The van der Waals surface area contributed by atoms with Gasteiger partial charge in [0, 0.05) is 24.9 Å². The number of halogens is 1. The van der Waals surface area contributed by atoms with Crippen molar-refractivity contribution in [1.29, 1.82) is 0 Å². The number of aliphatic hydroxyl groups is 1. The molecule has 4 bridgehead atoms. The molecule has 5 fully saturated rings. The molecule has 4 saturated carbocycles. The van der Waals surface area contributed by atoms with Crippen LogP contribution >= 0.6 is 0 Å². The van der Waals surface area contributed by atoms with Gasteiger partial charge in [0.2, 0.25) is 5.91 Å². The molecule has 26 heavy (non-hydrogen) atoms. The van der Waals surface area contributed by atoms with Gasteiger partial charge in [0.1, 0.15) is 5.82 Å². The second kappa shape index (κ2) is 6.05. The van der Waals surface area contributed by atoms with E-state index in [1.54, 1.807) is 12.1 Å². The molecular formula is C22H28FNO2. The molecule has 6 rings (SSSR count). The molecule has 4 heteroatoms. The van der Waals surface area contributed by atoms with Gasteiger partial charge in [-0.15, -0.1) is 0 Å². The van der Waals surface area contributed by atoms with E-state index in [1.165, 1.54) is 37.7 Å². The summed E-state index contributed by atoms with van der Waals surface area (Å²) >= 11 is 0. The highest BCUT2D eigenvalue weighted by atomic mass is 19.1. The molecule has 140 valence electrons. The molecule has 0 radical (unpaired) electrons. The fourth-order valence-electron chi connectivity index (χ4n) is 6.98. The van der Waals surface area contributed by atoms with Gasteiger partial charge >= 0.3 is 0 Å². The van der Waals surface area contributed by atoms with Crippen LogP contribution in [0.2, 0.25) is 0 Å². The van der Waals surface area contributed by atoms with E-state index in [-0.39, 0.29) is 23.2 Å². The van der Waals surface area contributed by atoms with Crippen LogP contribution in [-0.2, 0) is 10.2 Å². The number of amides is 1. The molecular weight excluding hydrogens is 329 g/mol. The van der Waals surface area contributed by atoms with Crippen LogP contribution in [0.1, 0.15) is 50.5 Å². The van der Waals surface area contributed by atoms with Crippen LogP contribution in [0.3, 0.4) is 0 Å². The van der Waals surface area contributed by atoms with Crippen LogP contribution < -0.4 is 0 Å². The van der Waals surface area contributed by atoms with Crippen LogP contribution in [-0.4, -0.2) is 35.1 Å². The summed E-state index contributed by atoms with van der Waals surface area (Å²) < 4.78 is 13.6. The Balaban J connectivity index is 1.51. The van der Waals surface area contributed by atoms with E-state index in [0.29, 0.717) is 37.8 Å². The number of carbonyl (C=O) groups excluding carboxylic acids is 1. The van der Waals surface area contributed by atoms with Gasteiger partial charge in [0.25, 0.3) is 0 Å². The Hall–Kier alpha value is -1.42. The zero-order valence-electron chi connectivity index (χ0n) is 15.2. The summed E-state index contributed by atoms with van der Waals surface area (Å²) in [4.78, 5) is 15.0. The molecule has 0 unspecified atom stereocenters. The maximum absolute atomic E-state index is 13.6. The Morgan fingerprint density at radius 3 is 2.23 bits per heavy atom. The predicted octanol–water partition coefficient (Wildman–Crippen LogP) is 3.50. The summed E-state index contributed by atoms with van der Waals surface area (Å²) in [5.41, 5.74) is 1.03. The molecule has 3 nitrogen and oxygen atoms in total. The Morgan fingerprint density at radius 1 is 1.08 bits per heavy atom. The van der Waals surface area contributed by atoms with Crippen LogP contribution in [0.5, 0.6) is 0 Å². The normalized spacial score (nSPS) is 41.0. The quantitative estimate of drug-likeness (QED) is 0.899. The van der Waals surface area contributed by atoms with E-state index in [2.05, 4.69) is 0 Å². The first-order valence-electron chi connectivity index (χ1n) is 10.3. The highest BCUT2D eigenvalue weighted by molar-refractivity contribution is 5.78. The molecule has 1 aliphatic heterocycles. The minimum Gasteiger partial charge on any atom is -0.391 e. The number of benzene rings is 1. The van der Waals surface area contributed by atoms with Crippen LogP contribution in [0.4, 0.5) is 4.39 Å². The number of β-amino-alcohol motifs (C(OH)–C–C–N with tert-alkyl or cyclic N) is 1. The zero-order valence-corrected chi connectivity index (χ0v) is 15.2. The van der Waals surface area contributed by atoms with Crippen LogP contribution in [0.25, 0.3) is 0 Å². The third-order valence-corrected chi connectivity index (χ3v) is 7.94. The topological polar surface area (TPSA) is 40.5 Å². The van der Waals surface area contributed by atoms with Gasteiger partial charge in [-0.1, -0.05) is 12.1 Å². The van der Waals surface area contributed by atoms with Gasteiger partial charge in [-0.05, 0) is 79.9 Å². The Morgan fingerprint density at radius 2 is 1.69 bits per heavy atom. The summed E-state index contributed by atoms with van der Waals surface area (Å²) in [6.45, 7) is 1.14. The van der Waals surface area contributed by atoms with Crippen molar-refractivity contribution in [2.75, 3.05) is 13.1 Å². The molecule has 1 atom stereocenters. The monoisotopic (exact) mass is 357 g/mol. The van der Waals surface area contributed by atoms with Gasteiger partial charge in [-0.3, -0.25) is 4.79 Å². The first kappa shape index (κ1) is 16.7. The fraction of sp³-hybridized carbons (Fsp3) is 0.682. The van der Waals surface area contributed by atoms with Crippen molar-refractivity contribution in [2.24, 2.45) is 23.7 Å². The summed E-state index contributed by atoms with van der Waals surface area (Å²) in [6.07, 6.45) is 7.10. The minimum absolute atomic E-state index is 0.133. The highest BCUT2D eigenvalue weighted by Crippen LogP contribution is 2.64. The van der Waals surface area contributed by atoms with Gasteiger partial charge < -0.3 is 10.0 Å². The van der Waals surface area contributed by atoms with Crippen molar-refractivity contribution in [2.45, 2.75) is 56.5 Å². The number of nitrogens with zero attached hydrogens (tertiary/aromatic N) is 1. The molecule has 5 aliphatic rings. The first-order valence-corrected chi connectivity index (χ1v) is 10.3. The molecule has 0 aromatic heterocycles. The number of aliphatic hydroxyl groups excluding tert-OH is 1. The number of carbonyl (C=O) groups is 1. The molecule has 4 aliphatic carbocycles. The Bertz CT molecular complexity index is 673. The SMILES string of the molecule is O=C(CC1(c2ccc(F)cc2)C2CC3CC(C2)CC1C3)N1CC[C@H](O)C1. The van der Waals surface area contributed by atoms with E-state index in [1.807, 2.05) is 17.0 Å². The van der Waals surface area contributed by atoms with Gasteiger partial charge in [0.15, 0.2) is 0 Å². The molecule has 1 heterocycles. The second-order valence-corrected chi connectivity index (χ2v) is 9.31. The van der Waals surface area contributed by atoms with Crippen molar-refractivity contribution in [3.05, 3.63) is 35.6 Å². The predicted molar refractivity (Wildman–Crippen MR) is 96.9 cm³/mol. The number of hydrogen-bond acceptors (Lipinski definition) is 2. The smallest absolute Gasteiger partial charge is 0.223 e. The number of hydrogen-bond donors (Lipinski definition) is 1. The highest BCUT2D eigenvalue weighted by Gasteiger charge is 2.58. The van der Waals surface area contributed by atoms with Crippen molar-refractivity contribution >= 4 is 5.91 Å². The number of rotatable bonds is 3. The molecule has 1 aromatic rings. The fourth-order valence-corrected chi connectivity index (χ4v) is 6.98. The molecule has 1 N–H and O–H groups in total. The van der Waals surface area contributed by atoms with E-state index in [0.717, 1.165) is 11.8 Å². The Kier molecular flexibility index (Phi) is 3.89. The molecule has 1 saturated heterocycles. The minimum atomic E-state index is -0.376. The second-order valence-electron chi connectivity index (χ2n) is 9.31. The maximum atomic E-state index is 13.6. The number of likely N-dealkylation sites (tertiary alicyclic amines) is 1. The van der Waals surface area contributed by atoms with Crippen LogP contribution in [0.15, 0.2) is 24.3 Å². The lowest BCUT2D eigenvalue weighted by molar-refractivity contribution is -0.138. The largest absolute Gasteiger partial charge is 0.391 e. The lowest BCUT2D eigenvalue weighted by Crippen LogP contribution is -2.57. The average molecular weight is 357 g/mol. The summed E-state index contributed by atoms with van der Waals surface area (Å²) in [7, 11) is 0.